The molecule has 2 nitrogen and oxygen atoms in total. The summed E-state index contributed by atoms with van der Waals surface area (Å²) in [4.78, 5) is 4.61. The second kappa shape index (κ2) is 5.66. The van der Waals surface area contributed by atoms with Crippen LogP contribution in [-0.4, -0.2) is 15.4 Å². The lowest BCUT2D eigenvalue weighted by Crippen LogP contribution is -2.02. The lowest BCUT2D eigenvalue weighted by molar-refractivity contribution is 0.627. The maximum atomic E-state index is 13.8. The van der Waals surface area contributed by atoms with Crippen molar-refractivity contribution in [1.29, 1.82) is 0 Å². The molecule has 21 heavy (non-hydrogen) atoms. The molecule has 0 saturated carbocycles. The van der Waals surface area contributed by atoms with Crippen molar-refractivity contribution in [3.63, 3.8) is 0 Å². The number of rotatable bonds is 3. The van der Waals surface area contributed by atoms with Crippen LogP contribution in [-0.2, 0) is 6.42 Å². The molecule has 0 bridgehead atoms. The van der Waals surface area contributed by atoms with E-state index in [4.69, 9.17) is 23.2 Å². The van der Waals surface area contributed by atoms with Crippen molar-refractivity contribution >= 4 is 34.2 Å². The third-order valence-corrected chi connectivity index (χ3v) is 3.85. The maximum Gasteiger partial charge on any atom is 0.143 e. The minimum atomic E-state index is -0.444. The van der Waals surface area contributed by atoms with Gasteiger partial charge in [0.15, 0.2) is 0 Å². The predicted molar refractivity (Wildman–Crippen MR) is 85.2 cm³/mol. The van der Waals surface area contributed by atoms with Crippen LogP contribution in [0.3, 0.4) is 0 Å². The van der Waals surface area contributed by atoms with Crippen LogP contribution in [0.5, 0.6) is 0 Å². The summed E-state index contributed by atoms with van der Waals surface area (Å²) in [6, 6.07) is 10.8. The molecule has 1 heterocycles. The molecule has 0 aliphatic carbocycles. The maximum absolute atomic E-state index is 13.8. The van der Waals surface area contributed by atoms with Gasteiger partial charge in [-0.15, -0.1) is 11.6 Å². The standard InChI is InChI=1S/C16H13Cl2FN2/c1-10-2-5-15-14(8-10)20-16(6-7-17)21(15)11-3-4-12(18)13(19)9-11/h2-5,8-9H,6-7H2,1H3. The molecule has 3 aromatic rings. The van der Waals surface area contributed by atoms with Crippen LogP contribution in [0.1, 0.15) is 11.4 Å². The topological polar surface area (TPSA) is 17.8 Å². The molecule has 0 unspecified atom stereocenters. The van der Waals surface area contributed by atoms with Crippen LogP contribution >= 0.6 is 23.2 Å². The number of nitrogens with zero attached hydrogens (tertiary/aromatic N) is 2. The van der Waals surface area contributed by atoms with Crippen molar-refractivity contribution in [2.24, 2.45) is 0 Å². The van der Waals surface area contributed by atoms with E-state index in [9.17, 15) is 4.39 Å². The average Bonchev–Trinajstić information content (AvgIpc) is 2.79. The van der Waals surface area contributed by atoms with E-state index < -0.39 is 5.82 Å². The Balaban J connectivity index is 2.27. The van der Waals surface area contributed by atoms with Gasteiger partial charge in [-0.1, -0.05) is 17.7 Å². The van der Waals surface area contributed by atoms with Gasteiger partial charge in [0.2, 0.25) is 0 Å². The van der Waals surface area contributed by atoms with Gasteiger partial charge in [0.1, 0.15) is 11.6 Å². The fourth-order valence-electron chi connectivity index (χ4n) is 2.40. The average molecular weight is 323 g/mol. The summed E-state index contributed by atoms with van der Waals surface area (Å²) in [6.45, 7) is 2.02. The fraction of sp³-hybridized carbons (Fsp3) is 0.188. The van der Waals surface area contributed by atoms with Gasteiger partial charge in [-0.3, -0.25) is 4.57 Å². The molecule has 0 amide bonds. The third kappa shape index (κ3) is 2.63. The van der Waals surface area contributed by atoms with Gasteiger partial charge in [0.25, 0.3) is 0 Å². The largest absolute Gasteiger partial charge is 0.296 e. The molecule has 0 N–H and O–H groups in total. The monoisotopic (exact) mass is 322 g/mol. The van der Waals surface area contributed by atoms with Crippen molar-refractivity contribution < 1.29 is 4.39 Å². The highest BCUT2D eigenvalue weighted by atomic mass is 35.5. The van der Waals surface area contributed by atoms with Gasteiger partial charge in [0.05, 0.1) is 21.7 Å². The first-order valence-electron chi connectivity index (χ1n) is 6.59. The van der Waals surface area contributed by atoms with Crippen LogP contribution < -0.4 is 0 Å². The second-order valence-corrected chi connectivity index (χ2v) is 5.68. The predicted octanol–water partition coefficient (Wildman–Crippen LogP) is 4.91. The molecule has 1 aromatic heterocycles. The Bertz CT molecular complexity index is 811. The molecule has 0 saturated heterocycles. The zero-order valence-corrected chi connectivity index (χ0v) is 12.9. The van der Waals surface area contributed by atoms with E-state index in [0.29, 0.717) is 18.0 Å². The van der Waals surface area contributed by atoms with Crippen LogP contribution in [0, 0.1) is 12.7 Å². The molecule has 5 heteroatoms. The fourth-order valence-corrected chi connectivity index (χ4v) is 2.69. The molecule has 0 spiro atoms. The zero-order valence-electron chi connectivity index (χ0n) is 11.4. The Hall–Kier alpha value is -1.58. The summed E-state index contributed by atoms with van der Waals surface area (Å²) in [7, 11) is 0. The van der Waals surface area contributed by atoms with Crippen LogP contribution in [0.15, 0.2) is 36.4 Å². The number of fused-ring (bicyclic) bond motifs is 1. The van der Waals surface area contributed by atoms with Gasteiger partial charge >= 0.3 is 0 Å². The molecule has 0 aliphatic heterocycles. The number of halogens is 3. The number of hydrogen-bond acceptors (Lipinski definition) is 1. The third-order valence-electron chi connectivity index (χ3n) is 3.36. The summed E-state index contributed by atoms with van der Waals surface area (Å²) in [6.07, 6.45) is 0.611. The Labute approximate surface area is 132 Å². The van der Waals surface area contributed by atoms with E-state index in [2.05, 4.69) is 4.98 Å². The Kier molecular flexibility index (Phi) is 3.87. The van der Waals surface area contributed by atoms with Crippen LogP contribution in [0.2, 0.25) is 5.02 Å². The van der Waals surface area contributed by atoms with Gasteiger partial charge < -0.3 is 0 Å². The Morgan fingerprint density at radius 3 is 2.71 bits per heavy atom. The smallest absolute Gasteiger partial charge is 0.143 e. The first-order valence-corrected chi connectivity index (χ1v) is 7.51. The first kappa shape index (κ1) is 14.4. The van der Waals surface area contributed by atoms with Crippen molar-refractivity contribution in [1.82, 2.24) is 9.55 Å². The number of alkyl halides is 1. The highest BCUT2D eigenvalue weighted by Crippen LogP contribution is 2.25. The summed E-state index contributed by atoms with van der Waals surface area (Å²) in [5.41, 5.74) is 3.64. The highest BCUT2D eigenvalue weighted by molar-refractivity contribution is 6.30. The molecule has 0 atom stereocenters. The second-order valence-electron chi connectivity index (χ2n) is 4.89. The van der Waals surface area contributed by atoms with E-state index in [-0.39, 0.29) is 5.02 Å². The molecule has 108 valence electrons. The zero-order chi connectivity index (χ0) is 15.0. The number of benzene rings is 2. The number of aromatic nitrogens is 2. The van der Waals surface area contributed by atoms with Crippen molar-refractivity contribution in [2.75, 3.05) is 5.88 Å². The van der Waals surface area contributed by atoms with E-state index >= 15 is 0 Å². The van der Waals surface area contributed by atoms with E-state index in [1.165, 1.54) is 6.07 Å². The lowest BCUT2D eigenvalue weighted by atomic mass is 10.2. The van der Waals surface area contributed by atoms with Crippen LogP contribution in [0.4, 0.5) is 4.39 Å². The summed E-state index contributed by atoms with van der Waals surface area (Å²) in [5.74, 6) is 0.825. The molecular weight excluding hydrogens is 310 g/mol. The van der Waals surface area contributed by atoms with Crippen molar-refractivity contribution in [2.45, 2.75) is 13.3 Å². The summed E-state index contributed by atoms with van der Waals surface area (Å²) >= 11 is 11.6. The van der Waals surface area contributed by atoms with Gasteiger partial charge in [-0.25, -0.2) is 9.37 Å². The first-order chi connectivity index (χ1) is 10.1. The van der Waals surface area contributed by atoms with Crippen molar-refractivity contribution in [3.05, 3.63) is 58.6 Å². The molecule has 0 fully saturated rings. The molecular formula is C16H13Cl2FN2. The van der Waals surface area contributed by atoms with E-state index in [0.717, 1.165) is 22.4 Å². The highest BCUT2D eigenvalue weighted by Gasteiger charge is 2.13. The van der Waals surface area contributed by atoms with Gasteiger partial charge in [-0.2, -0.15) is 0 Å². The van der Waals surface area contributed by atoms with Gasteiger partial charge in [-0.05, 0) is 42.8 Å². The number of hydrogen-bond donors (Lipinski definition) is 0. The van der Waals surface area contributed by atoms with E-state index in [1.807, 2.05) is 29.7 Å². The Morgan fingerprint density at radius 2 is 2.00 bits per heavy atom. The normalized spacial score (nSPS) is 11.2. The minimum absolute atomic E-state index is 0.109. The summed E-state index contributed by atoms with van der Waals surface area (Å²) in [5, 5.41) is 0.109. The van der Waals surface area contributed by atoms with E-state index in [1.54, 1.807) is 12.1 Å². The van der Waals surface area contributed by atoms with Crippen LogP contribution in [0.25, 0.3) is 16.7 Å². The van der Waals surface area contributed by atoms with Crippen molar-refractivity contribution in [3.8, 4) is 5.69 Å². The Morgan fingerprint density at radius 1 is 1.19 bits per heavy atom. The van der Waals surface area contributed by atoms with Gasteiger partial charge in [0, 0.05) is 12.3 Å². The lowest BCUT2D eigenvalue weighted by Gasteiger charge is -2.09. The molecule has 0 aliphatic rings. The molecule has 3 rings (SSSR count). The minimum Gasteiger partial charge on any atom is -0.296 e. The quantitative estimate of drug-likeness (QED) is 0.626. The number of aryl methyl sites for hydroxylation is 2. The summed E-state index contributed by atoms with van der Waals surface area (Å²) < 4.78 is 15.7. The molecule has 2 aromatic carbocycles. The number of imidazole rings is 1. The molecule has 0 radical (unpaired) electrons. The SMILES string of the molecule is Cc1ccc2c(c1)nc(CCCl)n2-c1ccc(Cl)c(F)c1.